The van der Waals surface area contributed by atoms with Crippen molar-refractivity contribution in [2.75, 3.05) is 39.2 Å². The predicted molar refractivity (Wildman–Crippen MR) is 97.8 cm³/mol. The third-order valence-corrected chi connectivity index (χ3v) is 3.68. The van der Waals surface area contributed by atoms with Gasteiger partial charge in [0.05, 0.1) is 5.75 Å². The topological polar surface area (TPSA) is 61.8 Å². The van der Waals surface area contributed by atoms with E-state index in [0.717, 1.165) is 38.2 Å². The highest BCUT2D eigenvalue weighted by Gasteiger charge is 2.07. The normalized spacial score (nSPS) is 11.7. The lowest BCUT2D eigenvalue weighted by molar-refractivity contribution is 0.457. The zero-order valence-corrected chi connectivity index (χ0v) is 15.9. The molecule has 1 N–H and O–H groups in total. The fraction of sp³-hybridized carbons (Fsp3) is 0.769. The van der Waals surface area contributed by atoms with Crippen molar-refractivity contribution in [3.05, 3.63) is 12.7 Å². The van der Waals surface area contributed by atoms with Crippen LogP contribution in [0.4, 0.5) is 0 Å². The average Bonchev–Trinajstić information content (AvgIpc) is 2.33. The second-order valence-electron chi connectivity index (χ2n) is 4.66. The first-order chi connectivity index (χ1) is 8.90. The Balaban J connectivity index is 0. The summed E-state index contributed by atoms with van der Waals surface area (Å²) in [6, 6.07) is 0. The maximum atomic E-state index is 11.0. The van der Waals surface area contributed by atoms with Crippen LogP contribution in [0.15, 0.2) is 17.6 Å². The zero-order valence-electron chi connectivity index (χ0n) is 12.8. The fourth-order valence-corrected chi connectivity index (χ4v) is 2.13. The second-order valence-corrected chi connectivity index (χ2v) is 6.92. The third kappa shape index (κ3) is 12.7. The summed E-state index contributed by atoms with van der Waals surface area (Å²) in [6.07, 6.45) is 7.66. The molecule has 0 rings (SSSR count). The highest BCUT2D eigenvalue weighted by molar-refractivity contribution is 14.0. The molecule has 0 aliphatic rings. The van der Waals surface area contributed by atoms with Crippen molar-refractivity contribution in [3.8, 4) is 0 Å². The van der Waals surface area contributed by atoms with Gasteiger partial charge in [-0.25, -0.2) is 8.42 Å². The Morgan fingerprint density at radius 2 is 2.00 bits per heavy atom. The van der Waals surface area contributed by atoms with Crippen molar-refractivity contribution >= 4 is 39.8 Å². The maximum Gasteiger partial charge on any atom is 0.193 e. The van der Waals surface area contributed by atoms with Gasteiger partial charge >= 0.3 is 0 Å². The van der Waals surface area contributed by atoms with Gasteiger partial charge in [-0.15, -0.1) is 30.6 Å². The van der Waals surface area contributed by atoms with Crippen LogP contribution in [0.1, 0.15) is 25.7 Å². The zero-order chi connectivity index (χ0) is 14.7. The van der Waals surface area contributed by atoms with Gasteiger partial charge in [-0.1, -0.05) is 12.5 Å². The van der Waals surface area contributed by atoms with Gasteiger partial charge in [0.15, 0.2) is 5.96 Å². The summed E-state index contributed by atoms with van der Waals surface area (Å²) in [6.45, 7) is 5.01. The van der Waals surface area contributed by atoms with E-state index in [1.54, 1.807) is 7.05 Å². The average molecular weight is 417 g/mol. The number of nitrogens with one attached hydrogen (secondary N) is 1. The highest BCUT2D eigenvalue weighted by Crippen LogP contribution is 2.01. The van der Waals surface area contributed by atoms with E-state index >= 15 is 0 Å². The van der Waals surface area contributed by atoms with Crippen LogP contribution in [0, 0.1) is 0 Å². The molecule has 0 fully saturated rings. The Labute approximate surface area is 140 Å². The number of halogens is 1. The number of sulfone groups is 1. The molecule has 0 aromatic heterocycles. The Bertz CT molecular complexity index is 383. The molecule has 5 nitrogen and oxygen atoms in total. The lowest BCUT2D eigenvalue weighted by atomic mass is 10.2. The smallest absolute Gasteiger partial charge is 0.193 e. The molecule has 0 aromatic carbocycles. The van der Waals surface area contributed by atoms with Gasteiger partial charge in [-0.3, -0.25) is 4.99 Å². The van der Waals surface area contributed by atoms with Crippen molar-refractivity contribution in [2.45, 2.75) is 25.7 Å². The summed E-state index contributed by atoms with van der Waals surface area (Å²) in [5, 5.41) is 3.06. The van der Waals surface area contributed by atoms with Crippen molar-refractivity contribution in [3.63, 3.8) is 0 Å². The summed E-state index contributed by atoms with van der Waals surface area (Å²) in [5.74, 6) is 0.867. The Morgan fingerprint density at radius 3 is 2.50 bits per heavy atom. The van der Waals surface area contributed by atoms with Crippen molar-refractivity contribution in [1.29, 1.82) is 0 Å². The molecule has 120 valence electrons. The largest absolute Gasteiger partial charge is 0.355 e. The number of unbranched alkanes of at least 4 members (excludes halogenated alkanes) is 3. The first-order valence-electron chi connectivity index (χ1n) is 6.61. The number of hydrogen-bond donors (Lipinski definition) is 1. The van der Waals surface area contributed by atoms with Crippen LogP contribution >= 0.6 is 24.0 Å². The molecule has 7 heteroatoms. The van der Waals surface area contributed by atoms with Gasteiger partial charge in [0.2, 0.25) is 0 Å². The lowest BCUT2D eigenvalue weighted by Crippen LogP contribution is -2.41. The van der Waals surface area contributed by atoms with Crippen molar-refractivity contribution in [1.82, 2.24) is 10.2 Å². The van der Waals surface area contributed by atoms with Crippen LogP contribution in [0.3, 0.4) is 0 Å². The number of hydrogen-bond acceptors (Lipinski definition) is 3. The van der Waals surface area contributed by atoms with Crippen LogP contribution < -0.4 is 5.32 Å². The lowest BCUT2D eigenvalue weighted by Gasteiger charge is -2.21. The molecule has 20 heavy (non-hydrogen) atoms. The molecule has 0 aliphatic carbocycles. The van der Waals surface area contributed by atoms with Gasteiger partial charge < -0.3 is 10.2 Å². The molecule has 0 bridgehead atoms. The molecule has 0 heterocycles. The third-order valence-electron chi connectivity index (χ3n) is 2.73. The van der Waals surface area contributed by atoms with Crippen LogP contribution in [0.2, 0.25) is 0 Å². The standard InChI is InChI=1S/C13H27N3O2S.HI/c1-5-6-7-8-9-11-16(3)13(14-2)15-10-12-19(4,17)18;/h5H,1,6-12H2,2-4H3,(H,14,15);1H. The minimum absolute atomic E-state index is 0. The van der Waals surface area contributed by atoms with Crippen LogP contribution in [0.5, 0.6) is 0 Å². The second kappa shape index (κ2) is 12.4. The van der Waals surface area contributed by atoms with E-state index < -0.39 is 9.84 Å². The van der Waals surface area contributed by atoms with Gasteiger partial charge in [0.1, 0.15) is 9.84 Å². The Hall–Kier alpha value is -0.310. The molecule has 0 saturated heterocycles. The number of guanidine groups is 1. The van der Waals surface area contributed by atoms with Crippen molar-refractivity contribution < 1.29 is 8.42 Å². The molecular weight excluding hydrogens is 389 g/mol. The number of allylic oxidation sites excluding steroid dienone is 1. The van der Waals surface area contributed by atoms with Crippen LogP contribution in [0.25, 0.3) is 0 Å². The molecule has 0 saturated carbocycles. The summed E-state index contributed by atoms with van der Waals surface area (Å²) >= 11 is 0. The van der Waals surface area contributed by atoms with E-state index in [-0.39, 0.29) is 29.7 Å². The summed E-state index contributed by atoms with van der Waals surface area (Å²) in [7, 11) is 0.741. The van der Waals surface area contributed by atoms with E-state index in [1.807, 2.05) is 18.0 Å². The van der Waals surface area contributed by atoms with Crippen LogP contribution in [-0.2, 0) is 9.84 Å². The molecule has 0 aliphatic heterocycles. The highest BCUT2D eigenvalue weighted by atomic mass is 127. The minimum Gasteiger partial charge on any atom is -0.355 e. The fourth-order valence-electron chi connectivity index (χ4n) is 1.65. The van der Waals surface area contributed by atoms with Gasteiger partial charge in [-0.2, -0.15) is 0 Å². The van der Waals surface area contributed by atoms with E-state index in [2.05, 4.69) is 16.9 Å². The quantitative estimate of drug-likeness (QED) is 0.205. The van der Waals surface area contributed by atoms with E-state index in [1.165, 1.54) is 6.26 Å². The summed E-state index contributed by atoms with van der Waals surface area (Å²) in [4.78, 5) is 6.17. The number of rotatable bonds is 9. The number of aliphatic imine (C=N–C) groups is 1. The van der Waals surface area contributed by atoms with Crippen LogP contribution in [-0.4, -0.2) is 58.5 Å². The Morgan fingerprint density at radius 1 is 1.35 bits per heavy atom. The molecule has 0 aromatic rings. The van der Waals surface area contributed by atoms with Gasteiger partial charge in [0.25, 0.3) is 0 Å². The molecule has 0 amide bonds. The van der Waals surface area contributed by atoms with E-state index in [0.29, 0.717) is 6.54 Å². The van der Waals surface area contributed by atoms with E-state index in [4.69, 9.17) is 0 Å². The van der Waals surface area contributed by atoms with Crippen molar-refractivity contribution in [2.24, 2.45) is 4.99 Å². The first kappa shape index (κ1) is 22.0. The number of nitrogens with zero attached hydrogens (tertiary/aromatic N) is 2. The monoisotopic (exact) mass is 417 g/mol. The molecule has 0 spiro atoms. The maximum absolute atomic E-state index is 11.0. The predicted octanol–water partition coefficient (Wildman–Crippen LogP) is 1.90. The van der Waals surface area contributed by atoms with Gasteiger partial charge in [-0.05, 0) is 19.3 Å². The molecule has 0 atom stereocenters. The Kier molecular flexibility index (Phi) is 13.7. The summed E-state index contributed by atoms with van der Waals surface area (Å²) in [5.41, 5.74) is 0. The molecular formula is C13H28IN3O2S. The first-order valence-corrected chi connectivity index (χ1v) is 8.67. The van der Waals surface area contributed by atoms with Gasteiger partial charge in [0, 0.05) is 33.4 Å². The summed E-state index contributed by atoms with van der Waals surface area (Å²) < 4.78 is 22.1. The molecule has 0 unspecified atom stereocenters. The molecule has 0 radical (unpaired) electrons. The van der Waals surface area contributed by atoms with E-state index in [9.17, 15) is 8.42 Å². The SMILES string of the molecule is C=CCCCCCN(C)C(=NC)NCCS(C)(=O)=O.I. The minimum atomic E-state index is -2.93.